The molecule has 6 nitrogen and oxygen atoms in total. The first-order chi connectivity index (χ1) is 9.68. The van der Waals surface area contributed by atoms with Crippen molar-refractivity contribution in [1.29, 1.82) is 0 Å². The molecule has 2 aromatic rings. The Balaban J connectivity index is 2.12. The van der Waals surface area contributed by atoms with Crippen LogP contribution in [0.4, 0.5) is 5.82 Å². The summed E-state index contributed by atoms with van der Waals surface area (Å²) in [5, 5.41) is 13.5. The number of aromatic carboxylic acids is 1. The van der Waals surface area contributed by atoms with Crippen LogP contribution < -0.4 is 10.2 Å². The molecule has 3 rings (SSSR count). The summed E-state index contributed by atoms with van der Waals surface area (Å²) in [6.07, 6.45) is 2.58. The Hall–Kier alpha value is -1.73. The van der Waals surface area contributed by atoms with E-state index in [1.165, 1.54) is 17.7 Å². The van der Waals surface area contributed by atoms with Crippen molar-refractivity contribution in [3.05, 3.63) is 16.8 Å². The van der Waals surface area contributed by atoms with Crippen LogP contribution in [0.1, 0.15) is 21.7 Å². The summed E-state index contributed by atoms with van der Waals surface area (Å²) in [7, 11) is 0. The second-order valence-corrected chi connectivity index (χ2v) is 5.83. The smallest absolute Gasteiger partial charge is 0.346 e. The van der Waals surface area contributed by atoms with Gasteiger partial charge in [0.1, 0.15) is 21.9 Å². The van der Waals surface area contributed by atoms with Crippen molar-refractivity contribution in [1.82, 2.24) is 15.3 Å². The van der Waals surface area contributed by atoms with Crippen molar-refractivity contribution in [3.8, 4) is 0 Å². The number of thiophene rings is 1. The predicted octanol–water partition coefficient (Wildman–Crippen LogP) is 1.50. The molecule has 0 atom stereocenters. The van der Waals surface area contributed by atoms with E-state index in [4.69, 9.17) is 0 Å². The lowest BCUT2D eigenvalue weighted by molar-refractivity contribution is 0.0701. The third-order valence-corrected chi connectivity index (χ3v) is 4.73. The molecule has 1 aliphatic heterocycles. The average Bonchev–Trinajstić information content (AvgIpc) is 2.64. The maximum atomic E-state index is 11.3. The van der Waals surface area contributed by atoms with Crippen molar-refractivity contribution < 1.29 is 9.90 Å². The molecule has 1 saturated heterocycles. The summed E-state index contributed by atoms with van der Waals surface area (Å²) >= 11 is 1.22. The van der Waals surface area contributed by atoms with Crippen molar-refractivity contribution in [2.45, 2.75) is 13.3 Å². The van der Waals surface area contributed by atoms with E-state index in [0.29, 0.717) is 4.88 Å². The lowest BCUT2D eigenvalue weighted by Gasteiger charge is -2.21. The maximum Gasteiger partial charge on any atom is 0.346 e. The zero-order chi connectivity index (χ0) is 14.1. The molecule has 0 bridgehead atoms. The highest BCUT2D eigenvalue weighted by atomic mass is 32.1. The van der Waals surface area contributed by atoms with Gasteiger partial charge >= 0.3 is 5.97 Å². The van der Waals surface area contributed by atoms with Crippen LogP contribution in [0, 0.1) is 6.92 Å². The lowest BCUT2D eigenvalue weighted by atomic mass is 10.2. The number of aromatic nitrogens is 2. The Labute approximate surface area is 120 Å². The Morgan fingerprint density at radius 3 is 3.05 bits per heavy atom. The van der Waals surface area contributed by atoms with Crippen LogP contribution in [-0.2, 0) is 0 Å². The fourth-order valence-electron chi connectivity index (χ4n) is 2.55. The quantitative estimate of drug-likeness (QED) is 0.873. The zero-order valence-corrected chi connectivity index (χ0v) is 12.0. The molecule has 2 aromatic heterocycles. The van der Waals surface area contributed by atoms with Crippen molar-refractivity contribution in [2.75, 3.05) is 31.1 Å². The minimum atomic E-state index is -0.894. The SMILES string of the molecule is Cc1c(C(=O)O)sc2ncnc(N3CCCNCC3)c12. The first-order valence-electron chi connectivity index (χ1n) is 6.61. The van der Waals surface area contributed by atoms with Gasteiger partial charge in [0.15, 0.2) is 0 Å². The molecular weight excluding hydrogens is 276 g/mol. The molecule has 0 aromatic carbocycles. The highest BCUT2D eigenvalue weighted by Gasteiger charge is 2.21. The number of hydrogen-bond acceptors (Lipinski definition) is 6. The number of nitrogens with zero attached hydrogens (tertiary/aromatic N) is 3. The van der Waals surface area contributed by atoms with Crippen LogP contribution in [0.5, 0.6) is 0 Å². The monoisotopic (exact) mass is 292 g/mol. The normalized spacial score (nSPS) is 16.4. The highest BCUT2D eigenvalue weighted by molar-refractivity contribution is 7.20. The van der Waals surface area contributed by atoms with Crippen LogP contribution in [0.25, 0.3) is 10.2 Å². The van der Waals surface area contributed by atoms with Crippen LogP contribution in [0.15, 0.2) is 6.33 Å². The number of nitrogens with one attached hydrogen (secondary N) is 1. The summed E-state index contributed by atoms with van der Waals surface area (Å²) < 4.78 is 0. The van der Waals surface area contributed by atoms with Crippen LogP contribution in [-0.4, -0.2) is 47.2 Å². The van der Waals surface area contributed by atoms with Crippen molar-refractivity contribution >= 4 is 33.3 Å². The number of fused-ring (bicyclic) bond motifs is 1. The fraction of sp³-hybridized carbons (Fsp3) is 0.462. The number of hydrogen-bond donors (Lipinski definition) is 2. The number of carbonyl (C=O) groups is 1. The molecule has 0 aliphatic carbocycles. The zero-order valence-electron chi connectivity index (χ0n) is 11.2. The topological polar surface area (TPSA) is 78.3 Å². The largest absolute Gasteiger partial charge is 0.477 e. The summed E-state index contributed by atoms with van der Waals surface area (Å²) in [6, 6.07) is 0. The average molecular weight is 292 g/mol. The molecule has 3 heterocycles. The van der Waals surface area contributed by atoms with E-state index in [-0.39, 0.29) is 0 Å². The second-order valence-electron chi connectivity index (χ2n) is 4.83. The maximum absolute atomic E-state index is 11.3. The first-order valence-corrected chi connectivity index (χ1v) is 7.43. The third-order valence-electron chi connectivity index (χ3n) is 3.54. The van der Waals surface area contributed by atoms with Gasteiger partial charge in [0.2, 0.25) is 0 Å². The van der Waals surface area contributed by atoms with E-state index in [1.54, 1.807) is 0 Å². The molecule has 7 heteroatoms. The molecule has 106 valence electrons. The van der Waals surface area contributed by atoms with Crippen LogP contribution in [0.2, 0.25) is 0 Å². The first kappa shape index (κ1) is 13.3. The van der Waals surface area contributed by atoms with Gasteiger partial charge in [-0.3, -0.25) is 0 Å². The van der Waals surface area contributed by atoms with Gasteiger partial charge in [-0.05, 0) is 25.5 Å². The van der Waals surface area contributed by atoms with E-state index in [2.05, 4.69) is 20.2 Å². The lowest BCUT2D eigenvalue weighted by Crippen LogP contribution is -2.28. The molecule has 1 aliphatic rings. The van der Waals surface area contributed by atoms with E-state index in [1.807, 2.05) is 6.92 Å². The number of carboxylic acid groups (broad SMARTS) is 1. The van der Waals surface area contributed by atoms with Gasteiger partial charge in [0, 0.05) is 19.6 Å². The molecule has 0 amide bonds. The van der Waals surface area contributed by atoms with Gasteiger partial charge < -0.3 is 15.3 Å². The number of carboxylic acids is 1. The molecule has 0 saturated carbocycles. The molecular formula is C13H16N4O2S. The predicted molar refractivity (Wildman–Crippen MR) is 78.8 cm³/mol. The van der Waals surface area contributed by atoms with Crippen molar-refractivity contribution in [2.24, 2.45) is 0 Å². The minimum absolute atomic E-state index is 0.356. The minimum Gasteiger partial charge on any atom is -0.477 e. The Morgan fingerprint density at radius 1 is 1.40 bits per heavy atom. The number of aryl methyl sites for hydroxylation is 1. The summed E-state index contributed by atoms with van der Waals surface area (Å²) in [6.45, 7) is 5.57. The molecule has 20 heavy (non-hydrogen) atoms. The van der Waals surface area contributed by atoms with E-state index >= 15 is 0 Å². The van der Waals surface area contributed by atoms with Gasteiger partial charge in [-0.15, -0.1) is 11.3 Å². The Morgan fingerprint density at radius 2 is 2.25 bits per heavy atom. The molecule has 0 radical (unpaired) electrons. The van der Waals surface area contributed by atoms with Gasteiger partial charge in [0.05, 0.1) is 5.39 Å². The van der Waals surface area contributed by atoms with Gasteiger partial charge in [-0.2, -0.15) is 0 Å². The second kappa shape index (κ2) is 5.34. The summed E-state index contributed by atoms with van der Waals surface area (Å²) in [4.78, 5) is 23.2. The number of anilines is 1. The van der Waals surface area contributed by atoms with E-state index in [0.717, 1.165) is 54.2 Å². The molecule has 0 spiro atoms. The van der Waals surface area contributed by atoms with Crippen LogP contribution in [0.3, 0.4) is 0 Å². The molecule has 1 fully saturated rings. The van der Waals surface area contributed by atoms with E-state index in [9.17, 15) is 9.90 Å². The standard InChI is InChI=1S/C13H16N4O2S/c1-8-9-11(17-5-2-3-14-4-6-17)15-7-16-12(9)20-10(8)13(18)19/h7,14H,2-6H2,1H3,(H,18,19). The molecule has 0 unspecified atom stereocenters. The number of rotatable bonds is 2. The van der Waals surface area contributed by atoms with Crippen molar-refractivity contribution in [3.63, 3.8) is 0 Å². The fourth-order valence-corrected chi connectivity index (χ4v) is 3.54. The third kappa shape index (κ3) is 2.23. The van der Waals surface area contributed by atoms with Gasteiger partial charge in [-0.1, -0.05) is 0 Å². The Kier molecular flexibility index (Phi) is 3.54. The van der Waals surface area contributed by atoms with Gasteiger partial charge in [0.25, 0.3) is 0 Å². The Bertz CT molecular complexity index is 647. The van der Waals surface area contributed by atoms with Gasteiger partial charge in [-0.25, -0.2) is 14.8 Å². The summed E-state index contributed by atoms with van der Waals surface area (Å²) in [5.74, 6) is -0.0334. The highest BCUT2D eigenvalue weighted by Crippen LogP contribution is 2.34. The van der Waals surface area contributed by atoms with Crippen LogP contribution >= 0.6 is 11.3 Å². The summed E-state index contributed by atoms with van der Waals surface area (Å²) in [5.41, 5.74) is 0.769. The molecule has 2 N–H and O–H groups in total. The van der Waals surface area contributed by atoms with E-state index < -0.39 is 5.97 Å².